The number of benzene rings is 2. The maximum atomic E-state index is 12.3. The van der Waals surface area contributed by atoms with Crippen LogP contribution in [0.2, 0.25) is 0 Å². The van der Waals surface area contributed by atoms with E-state index in [0.717, 1.165) is 34.7 Å². The lowest BCUT2D eigenvalue weighted by molar-refractivity contribution is -0.117. The molecule has 0 atom stereocenters. The highest BCUT2D eigenvalue weighted by molar-refractivity contribution is 7.82. The predicted octanol–water partition coefficient (Wildman–Crippen LogP) is 4.59. The average Bonchev–Trinajstić information content (AvgIpc) is 2.67. The second kappa shape index (κ2) is 10.8. The van der Waals surface area contributed by atoms with E-state index in [1.165, 1.54) is 5.69 Å². The van der Waals surface area contributed by atoms with E-state index >= 15 is 0 Å². The van der Waals surface area contributed by atoms with Crippen molar-refractivity contribution in [2.75, 3.05) is 36.6 Å². The van der Waals surface area contributed by atoms with Crippen molar-refractivity contribution in [1.82, 2.24) is 5.32 Å². The number of thiol groups is 2. The Kier molecular flexibility index (Phi) is 8.68. The van der Waals surface area contributed by atoms with Crippen LogP contribution < -0.4 is 15.5 Å². The third-order valence-electron chi connectivity index (χ3n) is 4.41. The monoisotopic (exact) mass is 429 g/mol. The van der Waals surface area contributed by atoms with Crippen molar-refractivity contribution in [3.8, 4) is 0 Å². The number of hydrogen-bond donors (Lipinski definition) is 4. The van der Waals surface area contributed by atoms with Gasteiger partial charge in [-0.1, -0.05) is 30.4 Å². The zero-order chi connectivity index (χ0) is 21.4. The van der Waals surface area contributed by atoms with Gasteiger partial charge in [0.25, 0.3) is 0 Å². The van der Waals surface area contributed by atoms with E-state index in [0.29, 0.717) is 6.54 Å². The molecule has 2 aromatic carbocycles. The summed E-state index contributed by atoms with van der Waals surface area (Å²) in [4.78, 5) is 14.4. The topological polar surface area (TPSA) is 44.4 Å². The molecule has 0 bridgehead atoms. The molecule has 0 spiro atoms. The van der Waals surface area contributed by atoms with E-state index in [-0.39, 0.29) is 5.91 Å². The second-order valence-electron chi connectivity index (χ2n) is 7.65. The fourth-order valence-corrected chi connectivity index (χ4v) is 2.85. The number of carbonyl (C=O) groups is 1. The molecular formula is C23H31N3OS2. The molecule has 0 aliphatic rings. The van der Waals surface area contributed by atoms with Crippen molar-refractivity contribution in [1.29, 1.82) is 0 Å². The molecule has 0 fully saturated rings. The first kappa shape index (κ1) is 23.4. The Hall–Kier alpha value is -1.89. The van der Waals surface area contributed by atoms with Crippen LogP contribution in [-0.2, 0) is 11.3 Å². The molecule has 0 unspecified atom stereocenters. The highest BCUT2D eigenvalue weighted by atomic mass is 32.1. The van der Waals surface area contributed by atoms with Crippen molar-refractivity contribution in [2.24, 2.45) is 0 Å². The first-order valence-electron chi connectivity index (χ1n) is 9.64. The van der Waals surface area contributed by atoms with E-state index in [2.05, 4.69) is 83.3 Å². The van der Waals surface area contributed by atoms with Crippen molar-refractivity contribution < 1.29 is 4.79 Å². The summed E-state index contributed by atoms with van der Waals surface area (Å²) in [5.41, 5.74) is 5.22. The van der Waals surface area contributed by atoms with Gasteiger partial charge in [0, 0.05) is 44.3 Å². The van der Waals surface area contributed by atoms with Crippen molar-refractivity contribution >= 4 is 54.7 Å². The lowest BCUT2D eigenvalue weighted by Crippen LogP contribution is -2.32. The Bertz CT molecular complexity index is 840. The highest BCUT2D eigenvalue weighted by Gasteiger charge is 2.23. The maximum Gasteiger partial charge on any atom is 0.239 e. The third-order valence-corrected chi connectivity index (χ3v) is 4.84. The van der Waals surface area contributed by atoms with Crippen LogP contribution in [0.4, 0.5) is 11.4 Å². The van der Waals surface area contributed by atoms with Gasteiger partial charge in [-0.25, -0.2) is 0 Å². The summed E-state index contributed by atoms with van der Waals surface area (Å²) in [6.45, 7) is 5.02. The second-order valence-corrected chi connectivity index (χ2v) is 9.21. The predicted molar refractivity (Wildman–Crippen MR) is 133 cm³/mol. The maximum absolute atomic E-state index is 12.3. The molecule has 0 saturated heterocycles. The molecule has 0 heterocycles. The third kappa shape index (κ3) is 7.46. The Balaban J connectivity index is 2.21. The van der Waals surface area contributed by atoms with Gasteiger partial charge in [-0.05, 0) is 54.8 Å². The number of rotatable bonds is 9. The van der Waals surface area contributed by atoms with E-state index in [1.54, 1.807) is 13.8 Å². The van der Waals surface area contributed by atoms with Crippen LogP contribution in [0, 0.1) is 0 Å². The molecule has 0 aliphatic carbocycles. The minimum absolute atomic E-state index is 0.124. The summed E-state index contributed by atoms with van der Waals surface area (Å²) in [6, 6.07) is 14.5. The van der Waals surface area contributed by atoms with Crippen LogP contribution in [-0.4, -0.2) is 37.0 Å². The molecule has 156 valence electrons. The van der Waals surface area contributed by atoms with Gasteiger partial charge in [0.1, 0.15) is 0 Å². The Labute approximate surface area is 185 Å². The largest absolute Gasteiger partial charge is 0.378 e. The molecule has 1 amide bonds. The molecule has 0 radical (unpaired) electrons. The van der Waals surface area contributed by atoms with Crippen LogP contribution in [0.25, 0.3) is 12.2 Å². The highest BCUT2D eigenvalue weighted by Crippen LogP contribution is 2.23. The fourth-order valence-electron chi connectivity index (χ4n) is 2.64. The Morgan fingerprint density at radius 2 is 1.69 bits per heavy atom. The number of hydrogen-bond acceptors (Lipinski definition) is 5. The summed E-state index contributed by atoms with van der Waals surface area (Å²) in [5.74, 6) is 0.633. The van der Waals surface area contributed by atoms with Crippen molar-refractivity contribution in [3.63, 3.8) is 0 Å². The van der Waals surface area contributed by atoms with Crippen LogP contribution >= 0.6 is 25.3 Å². The number of amides is 1. The minimum Gasteiger partial charge on any atom is -0.378 e. The van der Waals surface area contributed by atoms with E-state index in [1.807, 2.05) is 26.2 Å². The molecule has 6 heteroatoms. The van der Waals surface area contributed by atoms with Gasteiger partial charge in [0.05, 0.1) is 4.75 Å². The van der Waals surface area contributed by atoms with Gasteiger partial charge < -0.3 is 15.5 Å². The zero-order valence-corrected chi connectivity index (χ0v) is 19.4. The molecule has 0 aliphatic heterocycles. The standard InChI is InChI=1S/C23H31N3OS2/c1-23(2,29)22(27)25-21-12-9-18(15-19(21)16-24-13-14-28)6-5-17-7-10-20(11-8-17)26(3)4/h5-12,15,24,28-29H,13-14,16H2,1-4H3,(H,25,27)/b6-5+. The number of carbonyl (C=O) groups excluding carboxylic acids is 1. The summed E-state index contributed by atoms with van der Waals surface area (Å²) >= 11 is 8.61. The molecule has 2 rings (SSSR count). The van der Waals surface area contributed by atoms with Gasteiger partial charge >= 0.3 is 0 Å². The van der Waals surface area contributed by atoms with Crippen molar-refractivity contribution in [3.05, 3.63) is 59.2 Å². The smallest absolute Gasteiger partial charge is 0.239 e. The molecule has 0 aromatic heterocycles. The zero-order valence-electron chi connectivity index (χ0n) is 17.6. The minimum atomic E-state index is -0.743. The quantitative estimate of drug-likeness (QED) is 0.268. The number of nitrogens with one attached hydrogen (secondary N) is 2. The Morgan fingerprint density at radius 1 is 1.07 bits per heavy atom. The SMILES string of the molecule is CN(C)c1ccc(/C=C/c2ccc(NC(=O)C(C)(C)S)c(CNCCS)c2)cc1. The summed E-state index contributed by atoms with van der Waals surface area (Å²) in [6.07, 6.45) is 4.18. The molecule has 2 N–H and O–H groups in total. The summed E-state index contributed by atoms with van der Waals surface area (Å²) in [5, 5.41) is 6.34. The average molecular weight is 430 g/mol. The van der Waals surface area contributed by atoms with Crippen LogP contribution in [0.5, 0.6) is 0 Å². The van der Waals surface area contributed by atoms with Gasteiger partial charge in [0.2, 0.25) is 5.91 Å². The molecule has 0 saturated carbocycles. The van der Waals surface area contributed by atoms with Gasteiger partial charge in [-0.2, -0.15) is 25.3 Å². The van der Waals surface area contributed by atoms with E-state index < -0.39 is 4.75 Å². The van der Waals surface area contributed by atoms with E-state index in [4.69, 9.17) is 0 Å². The molecule has 2 aromatic rings. The first-order valence-corrected chi connectivity index (χ1v) is 10.7. The lowest BCUT2D eigenvalue weighted by Gasteiger charge is -2.19. The molecule has 4 nitrogen and oxygen atoms in total. The first-order chi connectivity index (χ1) is 13.7. The summed E-state index contributed by atoms with van der Waals surface area (Å²) in [7, 11) is 4.06. The van der Waals surface area contributed by atoms with Gasteiger partial charge in [0.15, 0.2) is 0 Å². The van der Waals surface area contributed by atoms with Crippen LogP contribution in [0.15, 0.2) is 42.5 Å². The van der Waals surface area contributed by atoms with Gasteiger partial charge in [-0.15, -0.1) is 0 Å². The fraction of sp³-hybridized carbons (Fsp3) is 0.348. The van der Waals surface area contributed by atoms with Crippen molar-refractivity contribution in [2.45, 2.75) is 25.1 Å². The number of nitrogens with zero attached hydrogens (tertiary/aromatic N) is 1. The number of anilines is 2. The van der Waals surface area contributed by atoms with Crippen LogP contribution in [0.3, 0.4) is 0 Å². The molecule has 29 heavy (non-hydrogen) atoms. The van der Waals surface area contributed by atoms with Crippen LogP contribution in [0.1, 0.15) is 30.5 Å². The lowest BCUT2D eigenvalue weighted by atomic mass is 10.1. The summed E-state index contributed by atoms with van der Waals surface area (Å²) < 4.78 is -0.743. The normalized spacial score (nSPS) is 11.7. The molecular weight excluding hydrogens is 398 g/mol. The Morgan fingerprint density at radius 3 is 2.28 bits per heavy atom. The van der Waals surface area contributed by atoms with E-state index in [9.17, 15) is 4.79 Å². The van der Waals surface area contributed by atoms with Gasteiger partial charge in [-0.3, -0.25) is 4.79 Å².